The van der Waals surface area contributed by atoms with Crippen molar-refractivity contribution < 1.29 is 52.5 Å². The lowest BCUT2D eigenvalue weighted by atomic mass is 9.83. The van der Waals surface area contributed by atoms with Gasteiger partial charge in [0.05, 0.1) is 62.3 Å². The number of fused-ring (bicyclic) bond motifs is 4. The first-order chi connectivity index (χ1) is 44.1. The molecule has 2 aliphatic carbocycles. The summed E-state index contributed by atoms with van der Waals surface area (Å²) in [6.07, 6.45) is 27.7. The van der Waals surface area contributed by atoms with Gasteiger partial charge in [-0.3, -0.25) is 33.6 Å². The van der Waals surface area contributed by atoms with Crippen molar-refractivity contribution in [3.63, 3.8) is 0 Å². The van der Waals surface area contributed by atoms with Crippen LogP contribution in [0.2, 0.25) is 0 Å². The van der Waals surface area contributed by atoms with Crippen LogP contribution in [-0.4, -0.2) is 102 Å². The zero-order chi connectivity index (χ0) is 64.1. The van der Waals surface area contributed by atoms with E-state index in [0.29, 0.717) is 102 Å². The molecule has 4 heterocycles. The van der Waals surface area contributed by atoms with Crippen molar-refractivity contribution in [1.29, 1.82) is 5.41 Å². The molecular weight excluding hydrogens is 1140 g/mol. The van der Waals surface area contributed by atoms with Crippen LogP contribution in [-0.2, 0) is 24.0 Å². The lowest BCUT2D eigenvalue weighted by molar-refractivity contribution is -0.129. The number of ketones is 4. The van der Waals surface area contributed by atoms with Crippen LogP contribution >= 0.6 is 0 Å². The quantitative estimate of drug-likeness (QED) is 0.0180. The van der Waals surface area contributed by atoms with Gasteiger partial charge in [0.15, 0.2) is 40.3 Å². The van der Waals surface area contributed by atoms with E-state index >= 15 is 0 Å². The fourth-order valence-electron chi connectivity index (χ4n) is 12.9. The van der Waals surface area contributed by atoms with Crippen LogP contribution in [0.5, 0.6) is 23.0 Å². The normalized spacial score (nSPS) is 18.1. The zero-order valence-corrected chi connectivity index (χ0v) is 52.9. The Labute approximate surface area is 533 Å². The lowest BCUT2D eigenvalue weighted by Crippen LogP contribution is -2.44. The molecule has 4 aromatic rings. The molecule has 91 heavy (non-hydrogen) atoms. The first-order valence-corrected chi connectivity index (χ1v) is 32.3. The van der Waals surface area contributed by atoms with Gasteiger partial charge in [0.2, 0.25) is 5.91 Å². The van der Waals surface area contributed by atoms with E-state index in [0.717, 1.165) is 35.1 Å². The lowest BCUT2D eigenvalue weighted by Gasteiger charge is -2.23. The summed E-state index contributed by atoms with van der Waals surface area (Å²) in [7, 11) is 3.10. The summed E-state index contributed by atoms with van der Waals surface area (Å²) in [6.45, 7) is 6.16. The standard InChI is InChI=1S/C76H82N4O11/c1-48(2)74(78-73(85)26-12-7-6-11-24-61-65(81)35-36-66(61)82)67(83)25-13-17-49(3)68(84)45-64(77)54-33-31-53(32-34-54)58-40-60-23-15-21-56-42-72(70(89-5)44-63(56)76(87)80(60)47-58)91-38-16-37-90-71-41-55-20-14-22-59-39-57(46-79(59)75(86)62(55)43-69(71)88-4)52-29-27-51(28-30-52)50-18-9-8-10-19-50/h20-24,27-36,41-44,46-50,59-60,74,77H,6-13,16-19,25-26,37-40,45H2,1-5H3,(H,78,85). The Hall–Kier alpha value is -9.16. The van der Waals surface area contributed by atoms with Crippen LogP contribution in [0.4, 0.5) is 0 Å². The number of ether oxygens (including phenoxy) is 4. The molecule has 0 saturated heterocycles. The van der Waals surface area contributed by atoms with Crippen molar-refractivity contribution in [2.24, 2.45) is 11.8 Å². The second-order valence-electron chi connectivity index (χ2n) is 24.9. The Morgan fingerprint density at radius 1 is 0.648 bits per heavy atom. The van der Waals surface area contributed by atoms with Gasteiger partial charge in [-0.15, -0.1) is 11.5 Å². The largest absolute Gasteiger partial charge is 0.493 e. The third-order valence-corrected chi connectivity index (χ3v) is 18.2. The molecule has 472 valence electrons. The number of carbonyl (C=O) groups is 7. The highest BCUT2D eigenvalue weighted by Gasteiger charge is 2.34. The van der Waals surface area contributed by atoms with Gasteiger partial charge in [-0.1, -0.05) is 101 Å². The average Bonchev–Trinajstić information content (AvgIpc) is 1.79. The maximum atomic E-state index is 14.4. The van der Waals surface area contributed by atoms with E-state index in [1.165, 1.54) is 56.9 Å². The van der Waals surface area contributed by atoms with E-state index in [9.17, 15) is 33.6 Å². The molecule has 10 rings (SSSR count). The summed E-state index contributed by atoms with van der Waals surface area (Å²) >= 11 is 0. The van der Waals surface area contributed by atoms with E-state index < -0.39 is 6.04 Å². The number of Topliss-reactive ketones (excluding diaryl/α,β-unsaturated/α-hetero) is 2. The molecule has 1 fully saturated rings. The Morgan fingerprint density at radius 3 is 1.74 bits per heavy atom. The van der Waals surface area contributed by atoms with Crippen molar-refractivity contribution in [3.05, 3.63) is 177 Å². The molecular formula is C76H82N4O11. The third kappa shape index (κ3) is 15.7. The Morgan fingerprint density at radius 2 is 1.20 bits per heavy atom. The summed E-state index contributed by atoms with van der Waals surface area (Å²) in [5.41, 5.74) is 15.4. The minimum Gasteiger partial charge on any atom is -0.493 e. The molecule has 0 aromatic heterocycles. The number of amides is 3. The second-order valence-corrected chi connectivity index (χ2v) is 24.9. The summed E-state index contributed by atoms with van der Waals surface area (Å²) in [5.74, 6) is 0.731. The summed E-state index contributed by atoms with van der Waals surface area (Å²) < 4.78 is 24.1. The summed E-state index contributed by atoms with van der Waals surface area (Å²) in [5, 5.41) is 11.7. The number of unbranched alkanes of at least 4 members (excludes halogenated alkanes) is 3. The van der Waals surface area contributed by atoms with Crippen molar-refractivity contribution in [2.45, 2.75) is 154 Å². The minimum absolute atomic E-state index is 0.0548. The first-order valence-electron chi connectivity index (χ1n) is 32.3. The van der Waals surface area contributed by atoms with Gasteiger partial charge < -0.3 is 39.5 Å². The van der Waals surface area contributed by atoms with Gasteiger partial charge in [-0.05, 0) is 175 Å². The molecule has 0 spiro atoms. The van der Waals surface area contributed by atoms with Gasteiger partial charge in [-0.2, -0.15) is 0 Å². The van der Waals surface area contributed by atoms with Gasteiger partial charge in [0, 0.05) is 49.7 Å². The summed E-state index contributed by atoms with van der Waals surface area (Å²) in [6, 6.07) is 22.4. The fraction of sp³-hybridized carbons (Fsp3) is 0.395. The van der Waals surface area contributed by atoms with E-state index in [-0.39, 0.29) is 109 Å². The molecule has 6 aliphatic rings. The summed E-state index contributed by atoms with van der Waals surface area (Å²) in [4.78, 5) is 95.0. The van der Waals surface area contributed by atoms with E-state index in [2.05, 4.69) is 41.0 Å². The average molecular weight is 1230 g/mol. The van der Waals surface area contributed by atoms with Crippen molar-refractivity contribution in [3.8, 4) is 23.0 Å². The maximum absolute atomic E-state index is 14.4. The molecule has 4 aromatic carbocycles. The number of allylic oxidation sites excluding steroid dienone is 4. The molecule has 4 aliphatic heterocycles. The SMILES string of the molecule is COc1cc2c(cc1OCCCOc1cc3c(cc1OC)C(=O)N1C=C(c4ccc(C5CCCCC5)cc4)CC1C=C=C3)C=C=CC1CC(c3ccc(C(=N)CC(=O)C(C)CCCC(=O)C(NC(=O)CCCCCC=C4C(=O)C=CC4=O)C(C)C)cc3)=CN1C2=O. The van der Waals surface area contributed by atoms with Gasteiger partial charge in [0.25, 0.3) is 11.8 Å². The van der Waals surface area contributed by atoms with E-state index in [1.54, 1.807) is 47.3 Å². The van der Waals surface area contributed by atoms with Crippen LogP contribution in [0.25, 0.3) is 23.3 Å². The van der Waals surface area contributed by atoms with Gasteiger partial charge in [-0.25, -0.2) is 0 Å². The monoisotopic (exact) mass is 1230 g/mol. The molecule has 0 bridgehead atoms. The molecule has 4 unspecified atom stereocenters. The molecule has 0 radical (unpaired) electrons. The number of nitrogens with zero attached hydrogens (tertiary/aromatic N) is 2. The number of nitrogens with one attached hydrogen (secondary N) is 2. The van der Waals surface area contributed by atoms with E-state index in [1.807, 2.05) is 81.7 Å². The van der Waals surface area contributed by atoms with Gasteiger partial charge >= 0.3 is 0 Å². The Kier molecular flexibility index (Phi) is 21.4. The topological polar surface area (TPSA) is 199 Å². The number of hydrogen-bond donors (Lipinski definition) is 2. The minimum atomic E-state index is -0.633. The number of rotatable bonds is 28. The van der Waals surface area contributed by atoms with Crippen LogP contribution in [0.1, 0.15) is 190 Å². The smallest absolute Gasteiger partial charge is 0.259 e. The number of carbonyl (C=O) groups excluding carboxylic acids is 7. The number of benzene rings is 4. The highest BCUT2D eigenvalue weighted by Crippen LogP contribution is 2.40. The fourth-order valence-corrected chi connectivity index (χ4v) is 12.9. The first kappa shape index (κ1) is 64.8. The Bertz CT molecular complexity index is 3730. The van der Waals surface area contributed by atoms with E-state index in [4.69, 9.17) is 24.4 Å². The highest BCUT2D eigenvalue weighted by molar-refractivity contribution is 6.33. The van der Waals surface area contributed by atoms with Crippen molar-refractivity contribution in [2.75, 3.05) is 27.4 Å². The van der Waals surface area contributed by atoms with Crippen molar-refractivity contribution in [1.82, 2.24) is 15.1 Å². The number of hydrogen-bond acceptors (Lipinski definition) is 12. The second kappa shape index (κ2) is 30.1. The predicted octanol–water partition coefficient (Wildman–Crippen LogP) is 13.9. The van der Waals surface area contributed by atoms with Crippen LogP contribution in [0.3, 0.4) is 0 Å². The molecule has 15 nitrogen and oxygen atoms in total. The molecule has 4 atom stereocenters. The highest BCUT2D eigenvalue weighted by atomic mass is 16.5. The molecule has 15 heteroatoms. The third-order valence-electron chi connectivity index (χ3n) is 18.2. The molecule has 1 saturated carbocycles. The van der Waals surface area contributed by atoms with Crippen LogP contribution in [0.15, 0.2) is 133 Å². The van der Waals surface area contributed by atoms with Crippen LogP contribution < -0.4 is 24.3 Å². The maximum Gasteiger partial charge on any atom is 0.259 e. The van der Waals surface area contributed by atoms with Crippen LogP contribution in [0, 0.1) is 17.2 Å². The molecule has 2 N–H and O–H groups in total. The molecule has 3 amide bonds. The van der Waals surface area contributed by atoms with Gasteiger partial charge in [0.1, 0.15) is 5.78 Å². The zero-order valence-electron chi connectivity index (χ0n) is 52.9. The van der Waals surface area contributed by atoms with Crippen molar-refractivity contribution >= 4 is 69.9 Å². The predicted molar refractivity (Wildman–Crippen MR) is 352 cm³/mol. The number of methoxy groups -OCH3 is 2. The Balaban J connectivity index is 0.674.